The van der Waals surface area contributed by atoms with E-state index in [1.54, 1.807) is 18.3 Å². The first-order valence-corrected chi connectivity index (χ1v) is 12.6. The Labute approximate surface area is 225 Å². The summed E-state index contributed by atoms with van der Waals surface area (Å²) in [6.45, 7) is 3.77. The minimum absolute atomic E-state index is 0.0323. The average Bonchev–Trinajstić information content (AvgIpc) is 3.54. The molecule has 1 aliphatic heterocycles. The van der Waals surface area contributed by atoms with Gasteiger partial charge < -0.3 is 20.1 Å². The van der Waals surface area contributed by atoms with Gasteiger partial charge in [0, 0.05) is 53.7 Å². The summed E-state index contributed by atoms with van der Waals surface area (Å²) in [5.74, 6) is -0.0479. The fourth-order valence-corrected chi connectivity index (χ4v) is 5.06. The second kappa shape index (κ2) is 10.4. The van der Waals surface area contributed by atoms with Crippen molar-refractivity contribution in [3.8, 4) is 5.69 Å². The number of aryl methyl sites for hydroxylation is 1. The number of amides is 1. The lowest BCUT2D eigenvalue weighted by molar-refractivity contribution is -0.384. The lowest BCUT2D eigenvalue weighted by Crippen LogP contribution is -2.30. The number of carbonyl (C=O) groups is 1. The van der Waals surface area contributed by atoms with Gasteiger partial charge in [-0.05, 0) is 79.3 Å². The van der Waals surface area contributed by atoms with Crippen LogP contribution in [-0.4, -0.2) is 25.5 Å². The Bertz CT molecular complexity index is 1500. The molecule has 1 fully saturated rings. The molecule has 0 aliphatic carbocycles. The number of aromatic nitrogens is 2. The normalized spacial score (nSPS) is 16.8. The van der Waals surface area contributed by atoms with E-state index >= 15 is 0 Å². The second-order valence-corrected chi connectivity index (χ2v) is 9.36. The Kier molecular flexibility index (Phi) is 6.89. The molecule has 2 aromatic heterocycles. The third-order valence-electron chi connectivity index (χ3n) is 6.60. The summed E-state index contributed by atoms with van der Waals surface area (Å²) in [6.07, 6.45) is 4.08. The van der Waals surface area contributed by atoms with Gasteiger partial charge in [-0.2, -0.15) is 0 Å². The highest BCUT2D eigenvalue weighted by atomic mass is 32.1. The molecule has 0 unspecified atom stereocenters. The summed E-state index contributed by atoms with van der Waals surface area (Å²) in [4.78, 5) is 29.4. The number of rotatable bonds is 7. The highest BCUT2D eigenvalue weighted by Gasteiger charge is 2.42. The standard InChI is InChI=1S/C28H26N6O3S/c1-3-25(35)30-22-14-13-21(17-18(22)2)33-27(26(31-28(33)38)23-7-4-5-15-29-23)24-8-6-16-32(24)19-9-11-20(12-10-19)34(36)37/h4-17,26-27H,3H2,1-2H3,(H,30,35)(H,31,38)/t26-,27+/m0/s1. The van der Waals surface area contributed by atoms with E-state index in [-0.39, 0.29) is 23.7 Å². The average molecular weight is 527 g/mol. The van der Waals surface area contributed by atoms with Crippen molar-refractivity contribution in [1.82, 2.24) is 14.9 Å². The third kappa shape index (κ3) is 4.73. The molecule has 0 radical (unpaired) electrons. The molecule has 2 aromatic carbocycles. The van der Waals surface area contributed by atoms with Crippen LogP contribution in [-0.2, 0) is 4.79 Å². The molecule has 2 N–H and O–H groups in total. The first kappa shape index (κ1) is 25.1. The van der Waals surface area contributed by atoms with Gasteiger partial charge in [0.1, 0.15) is 6.04 Å². The number of nitrogens with zero attached hydrogens (tertiary/aromatic N) is 4. The van der Waals surface area contributed by atoms with Gasteiger partial charge >= 0.3 is 0 Å². The number of benzene rings is 2. The predicted molar refractivity (Wildman–Crippen MR) is 150 cm³/mol. The maximum atomic E-state index is 12.0. The van der Waals surface area contributed by atoms with Crippen LogP contribution in [0.4, 0.5) is 17.1 Å². The van der Waals surface area contributed by atoms with Crippen LogP contribution in [0.1, 0.15) is 42.4 Å². The van der Waals surface area contributed by atoms with Gasteiger partial charge in [0.25, 0.3) is 5.69 Å². The SMILES string of the molecule is CCC(=O)Nc1ccc(N2C(=S)N[C@@H](c3ccccn3)[C@H]2c2cccn2-c2ccc([N+](=O)[O-])cc2)cc1C. The molecule has 192 valence electrons. The van der Waals surface area contributed by atoms with Gasteiger partial charge in [-0.15, -0.1) is 0 Å². The molecule has 38 heavy (non-hydrogen) atoms. The van der Waals surface area contributed by atoms with Gasteiger partial charge in [-0.25, -0.2) is 0 Å². The molecule has 10 heteroatoms. The van der Waals surface area contributed by atoms with Gasteiger partial charge in [0.2, 0.25) is 5.91 Å². The lowest BCUT2D eigenvalue weighted by atomic mass is 10.00. The highest BCUT2D eigenvalue weighted by Crippen LogP contribution is 2.43. The van der Waals surface area contributed by atoms with Gasteiger partial charge in [0.15, 0.2) is 5.11 Å². The van der Waals surface area contributed by atoms with Crippen molar-refractivity contribution in [2.45, 2.75) is 32.4 Å². The number of nitro benzene ring substituents is 1. The van der Waals surface area contributed by atoms with Crippen LogP contribution in [0.3, 0.4) is 0 Å². The zero-order chi connectivity index (χ0) is 26.8. The number of carbonyl (C=O) groups excluding carboxylic acids is 1. The van der Waals surface area contributed by atoms with Crippen molar-refractivity contribution in [2.75, 3.05) is 10.2 Å². The van der Waals surface area contributed by atoms with Crippen LogP contribution >= 0.6 is 12.2 Å². The summed E-state index contributed by atoms with van der Waals surface area (Å²) in [5.41, 5.74) is 5.13. The molecule has 9 nitrogen and oxygen atoms in total. The van der Waals surface area contributed by atoms with E-state index in [1.165, 1.54) is 12.1 Å². The molecular formula is C28H26N6O3S. The van der Waals surface area contributed by atoms with E-state index in [0.717, 1.165) is 34.0 Å². The molecule has 4 aromatic rings. The van der Waals surface area contributed by atoms with E-state index in [2.05, 4.69) is 20.5 Å². The van der Waals surface area contributed by atoms with Gasteiger partial charge in [0.05, 0.1) is 16.7 Å². The minimum atomic E-state index is -0.409. The summed E-state index contributed by atoms with van der Waals surface area (Å²) in [7, 11) is 0. The number of pyridine rings is 1. The first-order chi connectivity index (χ1) is 18.4. The molecule has 0 saturated carbocycles. The quantitative estimate of drug-likeness (QED) is 0.183. The molecule has 0 spiro atoms. The molecule has 5 rings (SSSR count). The number of thiocarbonyl (C=S) groups is 1. The van der Waals surface area contributed by atoms with Crippen LogP contribution in [0.25, 0.3) is 5.69 Å². The maximum absolute atomic E-state index is 12.0. The summed E-state index contributed by atoms with van der Waals surface area (Å²) in [5, 5.41) is 18.1. The second-order valence-electron chi connectivity index (χ2n) is 8.97. The smallest absolute Gasteiger partial charge is 0.269 e. The monoisotopic (exact) mass is 526 g/mol. The Morgan fingerprint density at radius 3 is 2.53 bits per heavy atom. The van der Waals surface area contributed by atoms with Crippen molar-refractivity contribution in [2.24, 2.45) is 0 Å². The molecule has 1 saturated heterocycles. The number of hydrogen-bond donors (Lipinski definition) is 2. The molecule has 1 aliphatic rings. The molecule has 3 heterocycles. The fraction of sp³-hybridized carbons (Fsp3) is 0.179. The van der Waals surface area contributed by atoms with Crippen molar-refractivity contribution in [3.63, 3.8) is 0 Å². The zero-order valence-corrected chi connectivity index (χ0v) is 21.7. The van der Waals surface area contributed by atoms with E-state index in [9.17, 15) is 14.9 Å². The van der Waals surface area contributed by atoms with E-state index in [4.69, 9.17) is 12.2 Å². The largest absolute Gasteiger partial charge is 0.351 e. The number of nitrogens with one attached hydrogen (secondary N) is 2. The number of anilines is 2. The Balaban J connectivity index is 1.60. The van der Waals surface area contributed by atoms with Crippen molar-refractivity contribution >= 4 is 40.3 Å². The first-order valence-electron chi connectivity index (χ1n) is 12.2. The third-order valence-corrected chi connectivity index (χ3v) is 6.92. The summed E-state index contributed by atoms with van der Waals surface area (Å²) < 4.78 is 2.01. The summed E-state index contributed by atoms with van der Waals surface area (Å²) in [6, 6.07) is 21.5. The van der Waals surface area contributed by atoms with E-state index in [1.807, 2.05) is 73.1 Å². The van der Waals surface area contributed by atoms with Crippen LogP contribution in [0.5, 0.6) is 0 Å². The minimum Gasteiger partial charge on any atom is -0.351 e. The molecular weight excluding hydrogens is 500 g/mol. The maximum Gasteiger partial charge on any atom is 0.269 e. The Morgan fingerprint density at radius 1 is 1.11 bits per heavy atom. The Morgan fingerprint density at radius 2 is 1.87 bits per heavy atom. The number of non-ortho nitro benzene ring substituents is 1. The number of nitro groups is 1. The molecule has 1 amide bonds. The van der Waals surface area contributed by atoms with Crippen LogP contribution in [0.2, 0.25) is 0 Å². The summed E-state index contributed by atoms with van der Waals surface area (Å²) >= 11 is 5.85. The van der Waals surface area contributed by atoms with Gasteiger partial charge in [-0.3, -0.25) is 19.9 Å². The lowest BCUT2D eigenvalue weighted by Gasteiger charge is -2.29. The molecule has 2 atom stereocenters. The van der Waals surface area contributed by atoms with Gasteiger partial charge in [-0.1, -0.05) is 13.0 Å². The van der Waals surface area contributed by atoms with Crippen molar-refractivity contribution in [3.05, 3.63) is 112 Å². The van der Waals surface area contributed by atoms with Crippen LogP contribution < -0.4 is 15.5 Å². The van der Waals surface area contributed by atoms with Crippen LogP contribution in [0, 0.1) is 17.0 Å². The van der Waals surface area contributed by atoms with E-state index < -0.39 is 4.92 Å². The Hall–Kier alpha value is -4.57. The predicted octanol–water partition coefficient (Wildman–Crippen LogP) is 5.61. The van der Waals surface area contributed by atoms with Crippen molar-refractivity contribution in [1.29, 1.82) is 0 Å². The van der Waals surface area contributed by atoms with E-state index in [0.29, 0.717) is 11.5 Å². The number of hydrogen-bond acceptors (Lipinski definition) is 5. The highest BCUT2D eigenvalue weighted by molar-refractivity contribution is 7.80. The molecule has 0 bridgehead atoms. The van der Waals surface area contributed by atoms with Crippen molar-refractivity contribution < 1.29 is 9.72 Å². The zero-order valence-electron chi connectivity index (χ0n) is 20.9. The fourth-order valence-electron chi connectivity index (χ4n) is 4.72. The van der Waals surface area contributed by atoms with Crippen LogP contribution in [0.15, 0.2) is 85.2 Å². The topological polar surface area (TPSA) is 105 Å².